The van der Waals surface area contributed by atoms with Gasteiger partial charge in [0.1, 0.15) is 5.82 Å². The highest BCUT2D eigenvalue weighted by molar-refractivity contribution is 5.99. The van der Waals surface area contributed by atoms with Gasteiger partial charge >= 0.3 is 6.03 Å². The molecule has 21 heavy (non-hydrogen) atoms. The third kappa shape index (κ3) is 3.82. The molecule has 114 valence electrons. The average molecular weight is 292 g/mol. The van der Waals surface area contributed by atoms with Crippen molar-refractivity contribution in [2.24, 2.45) is 0 Å². The number of nitrogens with zero attached hydrogens (tertiary/aromatic N) is 4. The van der Waals surface area contributed by atoms with Crippen LogP contribution in [0, 0.1) is 0 Å². The highest BCUT2D eigenvalue weighted by atomic mass is 16.3. The standard InChI is InChI=1S/C13H20N6O2/c1-3-10(2)19-12(4-5-14-19)17-13(21)16-11-8-15-18(9-11)6-7-20/h4-5,8-10,20H,3,6-7H2,1-2H3,(H2,16,17,21). The molecule has 0 aliphatic heterocycles. The molecule has 0 aromatic carbocycles. The Kier molecular flexibility index (Phi) is 4.94. The van der Waals surface area contributed by atoms with E-state index in [-0.39, 0.29) is 18.7 Å². The van der Waals surface area contributed by atoms with Crippen molar-refractivity contribution in [3.63, 3.8) is 0 Å². The first kappa shape index (κ1) is 15.0. The Hall–Kier alpha value is -2.35. The van der Waals surface area contributed by atoms with E-state index < -0.39 is 0 Å². The van der Waals surface area contributed by atoms with Crippen LogP contribution in [0.4, 0.5) is 16.3 Å². The van der Waals surface area contributed by atoms with Crippen LogP contribution >= 0.6 is 0 Å². The summed E-state index contributed by atoms with van der Waals surface area (Å²) in [5.41, 5.74) is 0.565. The lowest BCUT2D eigenvalue weighted by atomic mass is 10.3. The van der Waals surface area contributed by atoms with Gasteiger partial charge in [0.2, 0.25) is 0 Å². The number of rotatable bonds is 6. The fourth-order valence-corrected chi connectivity index (χ4v) is 1.87. The van der Waals surface area contributed by atoms with Crippen LogP contribution in [0.15, 0.2) is 24.7 Å². The van der Waals surface area contributed by atoms with Crippen LogP contribution in [0.25, 0.3) is 0 Å². The summed E-state index contributed by atoms with van der Waals surface area (Å²) in [6, 6.07) is 1.60. The molecule has 2 aromatic heterocycles. The fraction of sp³-hybridized carbons (Fsp3) is 0.462. The van der Waals surface area contributed by atoms with E-state index in [1.54, 1.807) is 27.8 Å². The summed E-state index contributed by atoms with van der Waals surface area (Å²) >= 11 is 0. The molecule has 0 saturated carbocycles. The van der Waals surface area contributed by atoms with Crippen molar-refractivity contribution in [2.45, 2.75) is 32.9 Å². The third-order valence-corrected chi connectivity index (χ3v) is 3.14. The van der Waals surface area contributed by atoms with E-state index in [1.807, 2.05) is 6.92 Å². The Balaban J connectivity index is 1.96. The van der Waals surface area contributed by atoms with Gasteiger partial charge in [-0.15, -0.1) is 0 Å². The van der Waals surface area contributed by atoms with Crippen molar-refractivity contribution in [3.05, 3.63) is 24.7 Å². The van der Waals surface area contributed by atoms with E-state index in [0.29, 0.717) is 18.1 Å². The number of nitrogens with one attached hydrogen (secondary N) is 2. The maximum absolute atomic E-state index is 12.0. The largest absolute Gasteiger partial charge is 0.394 e. The van der Waals surface area contributed by atoms with Crippen molar-refractivity contribution in [1.82, 2.24) is 19.6 Å². The second kappa shape index (κ2) is 6.89. The van der Waals surface area contributed by atoms with Crippen LogP contribution in [0.1, 0.15) is 26.3 Å². The van der Waals surface area contributed by atoms with Crippen LogP contribution in [0.5, 0.6) is 0 Å². The highest BCUT2D eigenvalue weighted by Crippen LogP contribution is 2.16. The summed E-state index contributed by atoms with van der Waals surface area (Å²) < 4.78 is 3.33. The van der Waals surface area contributed by atoms with E-state index in [0.717, 1.165) is 6.42 Å². The van der Waals surface area contributed by atoms with Gasteiger partial charge in [-0.05, 0) is 13.3 Å². The normalized spacial score (nSPS) is 12.1. The number of urea groups is 1. The summed E-state index contributed by atoms with van der Waals surface area (Å²) in [6.07, 6.45) is 5.76. The molecule has 0 bridgehead atoms. The van der Waals surface area contributed by atoms with Crippen molar-refractivity contribution in [2.75, 3.05) is 17.2 Å². The molecule has 2 heterocycles. The number of hydrogen-bond acceptors (Lipinski definition) is 4. The van der Waals surface area contributed by atoms with Gasteiger partial charge in [-0.2, -0.15) is 10.2 Å². The molecule has 3 N–H and O–H groups in total. The van der Waals surface area contributed by atoms with Gasteiger partial charge in [-0.1, -0.05) is 6.92 Å². The molecule has 0 aliphatic carbocycles. The Morgan fingerprint density at radius 2 is 2.24 bits per heavy atom. The smallest absolute Gasteiger partial charge is 0.324 e. The Labute approximate surface area is 122 Å². The first-order valence-corrected chi connectivity index (χ1v) is 6.89. The van der Waals surface area contributed by atoms with Gasteiger partial charge in [0, 0.05) is 12.3 Å². The van der Waals surface area contributed by atoms with Crippen LogP contribution in [0.3, 0.4) is 0 Å². The number of aromatic nitrogens is 4. The molecule has 0 aliphatic rings. The summed E-state index contributed by atoms with van der Waals surface area (Å²) in [5.74, 6) is 0.643. The number of amides is 2. The predicted octanol–water partition coefficient (Wildman–Crippen LogP) is 1.69. The number of aliphatic hydroxyl groups is 1. The second-order valence-corrected chi connectivity index (χ2v) is 4.71. The van der Waals surface area contributed by atoms with Crippen molar-refractivity contribution in [1.29, 1.82) is 0 Å². The van der Waals surface area contributed by atoms with Gasteiger partial charge in [0.05, 0.1) is 37.3 Å². The number of aliphatic hydroxyl groups excluding tert-OH is 1. The van der Waals surface area contributed by atoms with E-state index in [9.17, 15) is 4.79 Å². The molecule has 0 radical (unpaired) electrons. The molecule has 1 unspecified atom stereocenters. The molecule has 2 rings (SSSR count). The number of anilines is 2. The monoisotopic (exact) mass is 292 g/mol. The molecule has 0 spiro atoms. The number of carbonyl (C=O) groups is 1. The third-order valence-electron chi connectivity index (χ3n) is 3.14. The lowest BCUT2D eigenvalue weighted by molar-refractivity contribution is 0.262. The van der Waals surface area contributed by atoms with Crippen molar-refractivity contribution >= 4 is 17.5 Å². The molecule has 8 heteroatoms. The topological polar surface area (TPSA) is 97.0 Å². The maximum atomic E-state index is 12.0. The molecule has 2 amide bonds. The Morgan fingerprint density at radius 1 is 1.43 bits per heavy atom. The molecule has 1 atom stereocenters. The van der Waals surface area contributed by atoms with Gasteiger partial charge in [-0.3, -0.25) is 10.00 Å². The van der Waals surface area contributed by atoms with E-state index in [1.165, 1.54) is 6.20 Å². The summed E-state index contributed by atoms with van der Waals surface area (Å²) in [5, 5.41) is 22.5. The Morgan fingerprint density at radius 3 is 2.95 bits per heavy atom. The maximum Gasteiger partial charge on any atom is 0.324 e. The van der Waals surface area contributed by atoms with E-state index in [2.05, 4.69) is 27.8 Å². The van der Waals surface area contributed by atoms with Crippen LogP contribution in [-0.2, 0) is 6.54 Å². The molecule has 0 saturated heterocycles. The van der Waals surface area contributed by atoms with Gasteiger partial charge in [0.15, 0.2) is 0 Å². The highest BCUT2D eigenvalue weighted by Gasteiger charge is 2.11. The van der Waals surface area contributed by atoms with Crippen LogP contribution < -0.4 is 10.6 Å². The minimum Gasteiger partial charge on any atom is -0.394 e. The average Bonchev–Trinajstić information content (AvgIpc) is 3.08. The fourth-order valence-electron chi connectivity index (χ4n) is 1.87. The first-order valence-electron chi connectivity index (χ1n) is 6.89. The molecule has 0 fully saturated rings. The lowest BCUT2D eigenvalue weighted by Crippen LogP contribution is -2.22. The zero-order valence-electron chi connectivity index (χ0n) is 12.2. The summed E-state index contributed by atoms with van der Waals surface area (Å²) in [6.45, 7) is 4.49. The SMILES string of the molecule is CCC(C)n1nccc1NC(=O)Nc1cnn(CCO)c1. The summed E-state index contributed by atoms with van der Waals surface area (Å²) in [4.78, 5) is 12.0. The zero-order chi connectivity index (χ0) is 15.2. The van der Waals surface area contributed by atoms with E-state index >= 15 is 0 Å². The van der Waals surface area contributed by atoms with Gasteiger partial charge in [0.25, 0.3) is 0 Å². The number of hydrogen-bond donors (Lipinski definition) is 3. The molecular formula is C13H20N6O2. The summed E-state index contributed by atoms with van der Waals surface area (Å²) in [7, 11) is 0. The molecule has 8 nitrogen and oxygen atoms in total. The van der Waals surface area contributed by atoms with Crippen LogP contribution in [-0.4, -0.2) is 37.3 Å². The quantitative estimate of drug-likeness (QED) is 0.754. The zero-order valence-corrected chi connectivity index (χ0v) is 12.2. The lowest BCUT2D eigenvalue weighted by Gasteiger charge is -2.14. The van der Waals surface area contributed by atoms with Crippen LogP contribution in [0.2, 0.25) is 0 Å². The van der Waals surface area contributed by atoms with E-state index in [4.69, 9.17) is 5.11 Å². The molecular weight excluding hydrogens is 272 g/mol. The minimum absolute atomic E-state index is 0.00140. The minimum atomic E-state index is -0.358. The Bertz CT molecular complexity index is 591. The molecule has 2 aromatic rings. The van der Waals surface area contributed by atoms with Gasteiger partial charge < -0.3 is 10.4 Å². The first-order chi connectivity index (χ1) is 10.1. The van der Waals surface area contributed by atoms with Crippen molar-refractivity contribution in [3.8, 4) is 0 Å². The van der Waals surface area contributed by atoms with Gasteiger partial charge in [-0.25, -0.2) is 9.48 Å². The second-order valence-electron chi connectivity index (χ2n) is 4.71. The predicted molar refractivity (Wildman–Crippen MR) is 79.2 cm³/mol. The number of carbonyl (C=O) groups excluding carboxylic acids is 1. The van der Waals surface area contributed by atoms with Crippen molar-refractivity contribution < 1.29 is 9.90 Å².